The summed E-state index contributed by atoms with van der Waals surface area (Å²) in [6, 6.07) is 2.68. The molecule has 1 fully saturated rings. The van der Waals surface area contributed by atoms with Crippen molar-refractivity contribution >= 4 is 0 Å². The van der Waals surface area contributed by atoms with Crippen LogP contribution in [0.15, 0.2) is 18.6 Å². The van der Waals surface area contributed by atoms with Crippen molar-refractivity contribution in [2.75, 3.05) is 0 Å². The second-order valence-electron chi connectivity index (χ2n) is 3.56. The molecule has 1 aliphatic carbocycles. The van der Waals surface area contributed by atoms with E-state index in [1.807, 2.05) is 6.07 Å². The maximum Gasteiger partial charge on any atom is 0.115 e. The highest BCUT2D eigenvalue weighted by Crippen LogP contribution is 2.17. The van der Waals surface area contributed by atoms with Gasteiger partial charge in [-0.25, -0.2) is 9.97 Å². The third-order valence-electron chi connectivity index (χ3n) is 2.57. The van der Waals surface area contributed by atoms with E-state index >= 15 is 0 Å². The molecular weight excluding hydrogens is 162 g/mol. The van der Waals surface area contributed by atoms with Gasteiger partial charge in [-0.05, 0) is 18.9 Å². The molecule has 3 nitrogen and oxygen atoms in total. The number of aromatic nitrogens is 2. The van der Waals surface area contributed by atoms with E-state index in [1.165, 1.54) is 25.7 Å². The second-order valence-corrected chi connectivity index (χ2v) is 3.56. The van der Waals surface area contributed by atoms with E-state index in [4.69, 9.17) is 0 Å². The summed E-state index contributed by atoms with van der Waals surface area (Å²) in [7, 11) is 0. The van der Waals surface area contributed by atoms with E-state index < -0.39 is 0 Å². The van der Waals surface area contributed by atoms with E-state index in [2.05, 4.69) is 15.3 Å². The van der Waals surface area contributed by atoms with Crippen LogP contribution in [0.4, 0.5) is 0 Å². The monoisotopic (exact) mass is 177 g/mol. The molecule has 1 aromatic rings. The lowest BCUT2D eigenvalue weighted by Crippen LogP contribution is -2.25. The fourth-order valence-corrected chi connectivity index (χ4v) is 1.80. The molecular formula is C10H15N3. The lowest BCUT2D eigenvalue weighted by Gasteiger charge is -2.10. The first-order chi connectivity index (χ1) is 6.45. The topological polar surface area (TPSA) is 37.8 Å². The molecule has 0 aliphatic heterocycles. The average molecular weight is 177 g/mol. The molecule has 2 rings (SSSR count). The van der Waals surface area contributed by atoms with Gasteiger partial charge >= 0.3 is 0 Å². The Morgan fingerprint density at radius 2 is 2.23 bits per heavy atom. The fourth-order valence-electron chi connectivity index (χ4n) is 1.80. The minimum absolute atomic E-state index is 0.718. The van der Waals surface area contributed by atoms with Gasteiger partial charge in [0.25, 0.3) is 0 Å². The van der Waals surface area contributed by atoms with Crippen molar-refractivity contribution < 1.29 is 0 Å². The summed E-state index contributed by atoms with van der Waals surface area (Å²) in [5.41, 5.74) is 1.09. The molecule has 0 bridgehead atoms. The Bertz CT molecular complexity index is 242. The standard InChI is InChI=1S/C10H15N3/c1-2-4-9(3-1)12-7-10-5-6-11-8-13-10/h5-6,8-9,12H,1-4,7H2. The summed E-state index contributed by atoms with van der Waals surface area (Å²) in [5, 5.41) is 3.51. The highest BCUT2D eigenvalue weighted by Gasteiger charge is 2.13. The van der Waals surface area contributed by atoms with Gasteiger partial charge in [-0.1, -0.05) is 12.8 Å². The Kier molecular flexibility index (Phi) is 2.87. The quantitative estimate of drug-likeness (QED) is 0.760. The minimum Gasteiger partial charge on any atom is -0.308 e. The summed E-state index contributed by atoms with van der Waals surface area (Å²) in [4.78, 5) is 8.05. The van der Waals surface area contributed by atoms with Crippen molar-refractivity contribution in [3.63, 3.8) is 0 Å². The Morgan fingerprint density at radius 1 is 1.38 bits per heavy atom. The van der Waals surface area contributed by atoms with Crippen LogP contribution in [0.25, 0.3) is 0 Å². The SMILES string of the molecule is c1cc(CNC2CCCC2)ncn1. The molecule has 1 heterocycles. The highest BCUT2D eigenvalue weighted by molar-refractivity contribution is 4.97. The molecule has 1 aliphatic rings. The van der Waals surface area contributed by atoms with E-state index in [-0.39, 0.29) is 0 Å². The Labute approximate surface area is 78.6 Å². The predicted octanol–water partition coefficient (Wildman–Crippen LogP) is 1.51. The zero-order valence-electron chi connectivity index (χ0n) is 7.74. The van der Waals surface area contributed by atoms with Crippen molar-refractivity contribution in [2.24, 2.45) is 0 Å². The third-order valence-corrected chi connectivity index (χ3v) is 2.57. The van der Waals surface area contributed by atoms with Gasteiger partial charge in [0, 0.05) is 18.8 Å². The average Bonchev–Trinajstić information content (AvgIpc) is 2.69. The first-order valence-corrected chi connectivity index (χ1v) is 4.93. The van der Waals surface area contributed by atoms with Gasteiger partial charge in [-0.3, -0.25) is 0 Å². The molecule has 0 saturated heterocycles. The van der Waals surface area contributed by atoms with E-state index in [1.54, 1.807) is 12.5 Å². The van der Waals surface area contributed by atoms with Crippen molar-refractivity contribution in [3.05, 3.63) is 24.3 Å². The van der Waals surface area contributed by atoms with Gasteiger partial charge in [0.2, 0.25) is 0 Å². The summed E-state index contributed by atoms with van der Waals surface area (Å²) < 4.78 is 0. The van der Waals surface area contributed by atoms with E-state index in [9.17, 15) is 0 Å². The number of nitrogens with one attached hydrogen (secondary N) is 1. The molecule has 1 saturated carbocycles. The van der Waals surface area contributed by atoms with Crippen LogP contribution >= 0.6 is 0 Å². The van der Waals surface area contributed by atoms with Gasteiger partial charge in [0.05, 0.1) is 5.69 Å². The number of rotatable bonds is 3. The van der Waals surface area contributed by atoms with Crippen molar-refractivity contribution in [2.45, 2.75) is 38.3 Å². The molecule has 3 heteroatoms. The maximum atomic E-state index is 4.17. The first kappa shape index (κ1) is 8.63. The highest BCUT2D eigenvalue weighted by atomic mass is 14.9. The molecule has 0 unspecified atom stereocenters. The third kappa shape index (κ3) is 2.49. The summed E-state index contributed by atoms with van der Waals surface area (Å²) in [6.07, 6.45) is 8.80. The van der Waals surface area contributed by atoms with Gasteiger partial charge in [0.1, 0.15) is 6.33 Å². The largest absolute Gasteiger partial charge is 0.308 e. The van der Waals surface area contributed by atoms with Gasteiger partial charge in [0.15, 0.2) is 0 Å². The lowest BCUT2D eigenvalue weighted by molar-refractivity contribution is 0.519. The first-order valence-electron chi connectivity index (χ1n) is 4.93. The van der Waals surface area contributed by atoms with Crippen LogP contribution in [0.2, 0.25) is 0 Å². The van der Waals surface area contributed by atoms with E-state index in [0.29, 0.717) is 0 Å². The van der Waals surface area contributed by atoms with Crippen LogP contribution in [0, 0.1) is 0 Å². The van der Waals surface area contributed by atoms with Gasteiger partial charge in [-0.2, -0.15) is 0 Å². The Balaban J connectivity index is 1.79. The number of hydrogen-bond acceptors (Lipinski definition) is 3. The summed E-state index contributed by atoms with van der Waals surface area (Å²) in [6.45, 7) is 0.882. The van der Waals surface area contributed by atoms with Crippen LogP contribution in [0.3, 0.4) is 0 Å². The van der Waals surface area contributed by atoms with Gasteiger partial charge in [-0.15, -0.1) is 0 Å². The van der Waals surface area contributed by atoms with Crippen LogP contribution in [0.1, 0.15) is 31.4 Å². The lowest BCUT2D eigenvalue weighted by atomic mass is 10.2. The fraction of sp³-hybridized carbons (Fsp3) is 0.600. The van der Waals surface area contributed by atoms with Crippen LogP contribution < -0.4 is 5.32 Å². The normalized spacial score (nSPS) is 17.8. The summed E-state index contributed by atoms with van der Waals surface area (Å²) in [5.74, 6) is 0. The summed E-state index contributed by atoms with van der Waals surface area (Å²) >= 11 is 0. The van der Waals surface area contributed by atoms with Crippen LogP contribution in [0.5, 0.6) is 0 Å². The predicted molar refractivity (Wildman–Crippen MR) is 51.1 cm³/mol. The molecule has 0 amide bonds. The van der Waals surface area contributed by atoms with Crippen molar-refractivity contribution in [1.29, 1.82) is 0 Å². The molecule has 70 valence electrons. The van der Waals surface area contributed by atoms with Crippen molar-refractivity contribution in [3.8, 4) is 0 Å². The second kappa shape index (κ2) is 4.33. The Hall–Kier alpha value is -0.960. The van der Waals surface area contributed by atoms with Crippen LogP contribution in [-0.4, -0.2) is 16.0 Å². The molecule has 0 atom stereocenters. The van der Waals surface area contributed by atoms with Gasteiger partial charge < -0.3 is 5.32 Å². The molecule has 0 spiro atoms. The van der Waals surface area contributed by atoms with Crippen molar-refractivity contribution in [1.82, 2.24) is 15.3 Å². The minimum atomic E-state index is 0.718. The zero-order chi connectivity index (χ0) is 8.93. The number of nitrogens with zero attached hydrogens (tertiary/aromatic N) is 2. The molecule has 1 aromatic heterocycles. The smallest absolute Gasteiger partial charge is 0.115 e. The van der Waals surface area contributed by atoms with Crippen LogP contribution in [-0.2, 0) is 6.54 Å². The zero-order valence-corrected chi connectivity index (χ0v) is 7.74. The molecule has 1 N–H and O–H groups in total. The number of hydrogen-bond donors (Lipinski definition) is 1. The van der Waals surface area contributed by atoms with E-state index in [0.717, 1.165) is 18.3 Å². The molecule has 13 heavy (non-hydrogen) atoms. The Morgan fingerprint density at radius 3 is 2.92 bits per heavy atom. The molecule has 0 radical (unpaired) electrons. The maximum absolute atomic E-state index is 4.17. The molecule has 0 aromatic carbocycles.